The summed E-state index contributed by atoms with van der Waals surface area (Å²) in [5.41, 5.74) is 1.17. The molecule has 0 aliphatic heterocycles. The molecule has 0 aliphatic rings. The first-order valence-corrected chi connectivity index (χ1v) is 4.95. The van der Waals surface area contributed by atoms with Crippen LogP contribution in [0.2, 0.25) is 5.02 Å². The van der Waals surface area contributed by atoms with Crippen molar-refractivity contribution in [3.63, 3.8) is 0 Å². The molecule has 0 aromatic carbocycles. The molecule has 1 heterocycles. The third-order valence-corrected chi connectivity index (χ3v) is 2.23. The normalized spacial score (nSPS) is 12.5. The van der Waals surface area contributed by atoms with E-state index in [1.54, 1.807) is 6.20 Å². The molecular formula is C10H17ClN2. The second-order valence-corrected chi connectivity index (χ2v) is 5.04. The van der Waals surface area contributed by atoms with E-state index in [1.165, 1.54) is 0 Å². The molecule has 0 N–H and O–H groups in total. The maximum atomic E-state index is 6.09. The van der Waals surface area contributed by atoms with Crippen LogP contribution in [-0.4, -0.2) is 9.78 Å². The highest BCUT2D eigenvalue weighted by Gasteiger charge is 2.23. The van der Waals surface area contributed by atoms with Crippen LogP contribution in [0.4, 0.5) is 0 Å². The number of hydrogen-bond donors (Lipinski definition) is 0. The summed E-state index contributed by atoms with van der Waals surface area (Å²) in [4.78, 5) is 0. The zero-order chi connectivity index (χ0) is 10.2. The van der Waals surface area contributed by atoms with Crippen molar-refractivity contribution in [1.82, 2.24) is 9.78 Å². The smallest absolute Gasteiger partial charge is 0.0823 e. The summed E-state index contributed by atoms with van der Waals surface area (Å²) in [5.74, 6) is 0. The number of aromatic nitrogens is 2. The summed E-state index contributed by atoms with van der Waals surface area (Å²) in [5, 5.41) is 5.03. The van der Waals surface area contributed by atoms with E-state index in [1.807, 2.05) is 4.68 Å². The summed E-state index contributed by atoms with van der Waals surface area (Å²) in [6.07, 6.45) is 1.72. The lowest BCUT2D eigenvalue weighted by Crippen LogP contribution is -2.20. The Morgan fingerprint density at radius 2 is 1.92 bits per heavy atom. The van der Waals surface area contributed by atoms with E-state index in [0.29, 0.717) is 6.04 Å². The van der Waals surface area contributed by atoms with Gasteiger partial charge in [-0.3, -0.25) is 4.68 Å². The summed E-state index contributed by atoms with van der Waals surface area (Å²) in [6, 6.07) is 0.363. The van der Waals surface area contributed by atoms with Gasteiger partial charge in [0, 0.05) is 11.5 Å². The first-order chi connectivity index (χ1) is 5.84. The Morgan fingerprint density at radius 3 is 2.23 bits per heavy atom. The Bertz CT molecular complexity index is 294. The molecule has 0 aliphatic carbocycles. The monoisotopic (exact) mass is 200 g/mol. The van der Waals surface area contributed by atoms with E-state index in [-0.39, 0.29) is 5.41 Å². The molecule has 2 nitrogen and oxygen atoms in total. The van der Waals surface area contributed by atoms with Gasteiger partial charge >= 0.3 is 0 Å². The van der Waals surface area contributed by atoms with Crippen LogP contribution in [0.1, 0.15) is 46.4 Å². The summed E-state index contributed by atoms with van der Waals surface area (Å²) in [6.45, 7) is 10.7. The first kappa shape index (κ1) is 10.6. The number of halogens is 1. The molecule has 0 saturated carbocycles. The Kier molecular flexibility index (Phi) is 2.71. The maximum absolute atomic E-state index is 6.09. The first-order valence-electron chi connectivity index (χ1n) is 4.57. The molecule has 1 rings (SSSR count). The van der Waals surface area contributed by atoms with Crippen LogP contribution in [0, 0.1) is 0 Å². The van der Waals surface area contributed by atoms with Gasteiger partial charge in [-0.2, -0.15) is 5.10 Å². The van der Waals surface area contributed by atoms with Gasteiger partial charge in [0.2, 0.25) is 0 Å². The van der Waals surface area contributed by atoms with Crippen molar-refractivity contribution in [2.75, 3.05) is 0 Å². The molecule has 3 heteroatoms. The highest BCUT2D eigenvalue weighted by molar-refractivity contribution is 6.31. The van der Waals surface area contributed by atoms with Gasteiger partial charge in [0.25, 0.3) is 0 Å². The van der Waals surface area contributed by atoms with Crippen LogP contribution >= 0.6 is 11.6 Å². The van der Waals surface area contributed by atoms with Gasteiger partial charge in [0.1, 0.15) is 0 Å². The van der Waals surface area contributed by atoms with Crippen molar-refractivity contribution in [3.8, 4) is 0 Å². The van der Waals surface area contributed by atoms with Crippen LogP contribution in [0.15, 0.2) is 6.20 Å². The third-order valence-electron chi connectivity index (χ3n) is 1.95. The van der Waals surface area contributed by atoms with Gasteiger partial charge in [-0.25, -0.2) is 0 Å². The third kappa shape index (κ3) is 2.05. The number of rotatable bonds is 1. The van der Waals surface area contributed by atoms with Gasteiger partial charge in [-0.1, -0.05) is 32.4 Å². The van der Waals surface area contributed by atoms with E-state index < -0.39 is 0 Å². The van der Waals surface area contributed by atoms with Gasteiger partial charge in [-0.15, -0.1) is 0 Å². The lowest BCUT2D eigenvalue weighted by atomic mass is 9.92. The van der Waals surface area contributed by atoms with Crippen LogP contribution in [0.5, 0.6) is 0 Å². The van der Waals surface area contributed by atoms with Gasteiger partial charge < -0.3 is 0 Å². The van der Waals surface area contributed by atoms with E-state index >= 15 is 0 Å². The predicted octanol–water partition coefficient (Wildman–Crippen LogP) is 3.41. The molecular weight excluding hydrogens is 184 g/mol. The molecule has 0 fully saturated rings. The van der Waals surface area contributed by atoms with Crippen molar-refractivity contribution in [2.45, 2.75) is 46.1 Å². The summed E-state index contributed by atoms with van der Waals surface area (Å²) < 4.78 is 1.99. The minimum Gasteiger partial charge on any atom is -0.265 e. The predicted molar refractivity (Wildman–Crippen MR) is 56.3 cm³/mol. The van der Waals surface area contributed by atoms with E-state index in [2.05, 4.69) is 39.7 Å². The topological polar surface area (TPSA) is 17.8 Å². The van der Waals surface area contributed by atoms with E-state index in [0.717, 1.165) is 10.7 Å². The minimum absolute atomic E-state index is 0.0534. The summed E-state index contributed by atoms with van der Waals surface area (Å²) >= 11 is 6.09. The van der Waals surface area contributed by atoms with Crippen molar-refractivity contribution in [1.29, 1.82) is 0 Å². The zero-order valence-electron chi connectivity index (χ0n) is 8.93. The number of nitrogens with zero attached hydrogens (tertiary/aromatic N) is 2. The van der Waals surface area contributed by atoms with Crippen LogP contribution in [0.25, 0.3) is 0 Å². The molecule has 0 radical (unpaired) electrons. The van der Waals surface area contributed by atoms with Crippen molar-refractivity contribution in [2.24, 2.45) is 0 Å². The molecule has 0 spiro atoms. The molecule has 0 unspecified atom stereocenters. The molecule has 74 valence electrons. The van der Waals surface area contributed by atoms with Crippen molar-refractivity contribution >= 4 is 11.6 Å². The van der Waals surface area contributed by atoms with Crippen molar-refractivity contribution in [3.05, 3.63) is 16.9 Å². The van der Waals surface area contributed by atoms with Crippen molar-refractivity contribution < 1.29 is 0 Å². The molecule has 0 atom stereocenters. The molecule has 0 amide bonds. The fourth-order valence-corrected chi connectivity index (χ4v) is 1.85. The van der Waals surface area contributed by atoms with Crippen LogP contribution in [0.3, 0.4) is 0 Å². The van der Waals surface area contributed by atoms with Gasteiger partial charge in [-0.05, 0) is 13.8 Å². The lowest BCUT2D eigenvalue weighted by Gasteiger charge is -2.22. The fraction of sp³-hybridized carbons (Fsp3) is 0.700. The Morgan fingerprint density at radius 1 is 1.38 bits per heavy atom. The minimum atomic E-state index is 0.0534. The highest BCUT2D eigenvalue weighted by Crippen LogP contribution is 2.30. The van der Waals surface area contributed by atoms with E-state index in [4.69, 9.17) is 11.6 Å². The average molecular weight is 201 g/mol. The Hall–Kier alpha value is -0.500. The quantitative estimate of drug-likeness (QED) is 0.680. The van der Waals surface area contributed by atoms with E-state index in [9.17, 15) is 0 Å². The highest BCUT2D eigenvalue weighted by atomic mass is 35.5. The molecule has 1 aromatic rings. The Balaban J connectivity index is 3.25. The maximum Gasteiger partial charge on any atom is 0.0823 e. The molecule has 0 saturated heterocycles. The second kappa shape index (κ2) is 3.33. The zero-order valence-corrected chi connectivity index (χ0v) is 9.68. The average Bonchev–Trinajstić information content (AvgIpc) is 2.28. The second-order valence-electron chi connectivity index (χ2n) is 4.63. The van der Waals surface area contributed by atoms with Gasteiger partial charge in [0.05, 0.1) is 16.9 Å². The largest absolute Gasteiger partial charge is 0.265 e. The van der Waals surface area contributed by atoms with Crippen LogP contribution < -0.4 is 0 Å². The summed E-state index contributed by atoms with van der Waals surface area (Å²) in [7, 11) is 0. The Labute approximate surface area is 84.9 Å². The standard InChI is InChI=1S/C10H17ClN2/c1-7(2)13-9(10(3,4)5)8(11)6-12-13/h6-7H,1-5H3. The lowest BCUT2D eigenvalue weighted by molar-refractivity contribution is 0.446. The SMILES string of the molecule is CC(C)n1ncc(Cl)c1C(C)(C)C. The molecule has 13 heavy (non-hydrogen) atoms. The molecule has 0 bridgehead atoms. The van der Waals surface area contributed by atoms with Crippen LogP contribution in [-0.2, 0) is 5.41 Å². The van der Waals surface area contributed by atoms with Gasteiger partial charge in [0.15, 0.2) is 0 Å². The fourth-order valence-electron chi connectivity index (χ4n) is 1.43. The molecule has 1 aromatic heterocycles. The number of hydrogen-bond acceptors (Lipinski definition) is 1.